The standard InChI is InChI=1S/C20H27NO3.ClH/c1-8-3-19-6-10-15-18(2)4-9(22)5-20(15)16(19)14(24)11(8)13(23)12(19)17(20)21(10)7-18;/h9-17,22-24H,1,3-7H2,2H3;1H. The van der Waals surface area contributed by atoms with Crippen LogP contribution >= 0.6 is 12.4 Å². The third kappa shape index (κ3) is 1.22. The molecule has 9 fully saturated rings. The van der Waals surface area contributed by atoms with Gasteiger partial charge in [-0.05, 0) is 53.8 Å². The van der Waals surface area contributed by atoms with Gasteiger partial charge in [0.15, 0.2) is 0 Å². The molecular weight excluding hydrogens is 338 g/mol. The Morgan fingerprint density at radius 1 is 1.08 bits per heavy atom. The SMILES string of the molecule is C=C1CC23CC4C5C6(C)CC(O)CC57C(C2C(O)C1C(O)C37)N4C6.Cl. The molecule has 13 unspecified atom stereocenters. The molecule has 9 bridgehead atoms. The summed E-state index contributed by atoms with van der Waals surface area (Å²) >= 11 is 0. The molecule has 9 aliphatic rings. The monoisotopic (exact) mass is 365 g/mol. The van der Waals surface area contributed by atoms with Crippen molar-refractivity contribution in [1.82, 2.24) is 4.90 Å². The average molecular weight is 366 g/mol. The van der Waals surface area contributed by atoms with Gasteiger partial charge in [0.2, 0.25) is 0 Å². The number of rotatable bonds is 0. The van der Waals surface area contributed by atoms with Crippen molar-refractivity contribution in [2.45, 2.75) is 63.0 Å². The van der Waals surface area contributed by atoms with Crippen molar-refractivity contribution in [3.05, 3.63) is 12.2 Å². The number of hydrogen-bond donors (Lipinski definition) is 3. The molecule has 13 atom stereocenters. The lowest BCUT2D eigenvalue weighted by molar-refractivity contribution is -0.213. The number of hydrogen-bond acceptors (Lipinski definition) is 4. The van der Waals surface area contributed by atoms with E-state index >= 15 is 0 Å². The molecule has 25 heavy (non-hydrogen) atoms. The summed E-state index contributed by atoms with van der Waals surface area (Å²) < 4.78 is 0. The number of aliphatic hydroxyl groups excluding tert-OH is 3. The Balaban J connectivity index is 0.00000129. The molecule has 3 aliphatic heterocycles. The number of halogens is 1. The molecule has 3 N–H and O–H groups in total. The van der Waals surface area contributed by atoms with E-state index in [-0.39, 0.29) is 52.5 Å². The van der Waals surface area contributed by atoms with Gasteiger partial charge in [-0.15, -0.1) is 12.4 Å². The zero-order valence-corrected chi connectivity index (χ0v) is 15.5. The van der Waals surface area contributed by atoms with Crippen molar-refractivity contribution in [1.29, 1.82) is 0 Å². The van der Waals surface area contributed by atoms with Gasteiger partial charge in [0.05, 0.1) is 18.3 Å². The van der Waals surface area contributed by atoms with Gasteiger partial charge in [-0.3, -0.25) is 4.90 Å². The molecule has 5 heteroatoms. The number of nitrogens with zero attached hydrogens (tertiary/aromatic N) is 1. The lowest BCUT2D eigenvalue weighted by Gasteiger charge is -2.65. The maximum absolute atomic E-state index is 11.3. The first-order valence-electron chi connectivity index (χ1n) is 9.83. The van der Waals surface area contributed by atoms with Crippen molar-refractivity contribution in [2.75, 3.05) is 6.54 Å². The fourth-order valence-corrected chi connectivity index (χ4v) is 10.7. The molecule has 0 aromatic rings. The van der Waals surface area contributed by atoms with Gasteiger partial charge in [0.25, 0.3) is 0 Å². The Kier molecular flexibility index (Phi) is 2.54. The summed E-state index contributed by atoms with van der Waals surface area (Å²) in [4.78, 5) is 2.73. The van der Waals surface area contributed by atoms with Crippen molar-refractivity contribution >= 4 is 12.4 Å². The Labute approximate surface area is 154 Å². The second-order valence-electron chi connectivity index (χ2n) is 10.8. The summed E-state index contributed by atoms with van der Waals surface area (Å²) in [6, 6.07) is 0.999. The van der Waals surface area contributed by atoms with Crippen molar-refractivity contribution in [3.63, 3.8) is 0 Å². The van der Waals surface area contributed by atoms with E-state index in [2.05, 4.69) is 18.4 Å². The van der Waals surface area contributed by atoms with E-state index in [1.165, 1.54) is 0 Å². The van der Waals surface area contributed by atoms with E-state index in [4.69, 9.17) is 0 Å². The molecule has 0 aromatic heterocycles. The van der Waals surface area contributed by atoms with E-state index in [0.717, 1.165) is 37.8 Å². The van der Waals surface area contributed by atoms with E-state index < -0.39 is 12.2 Å². The van der Waals surface area contributed by atoms with Gasteiger partial charge in [0.1, 0.15) is 0 Å². The van der Waals surface area contributed by atoms with Gasteiger partial charge < -0.3 is 15.3 Å². The van der Waals surface area contributed by atoms with Gasteiger partial charge >= 0.3 is 0 Å². The quantitative estimate of drug-likeness (QED) is 0.564. The lowest BCUT2D eigenvalue weighted by Crippen LogP contribution is -2.67. The van der Waals surface area contributed by atoms with Gasteiger partial charge in [-0.25, -0.2) is 0 Å². The molecule has 2 spiro atoms. The van der Waals surface area contributed by atoms with Crippen LogP contribution in [-0.2, 0) is 0 Å². The predicted molar refractivity (Wildman–Crippen MR) is 94.1 cm³/mol. The zero-order valence-electron chi connectivity index (χ0n) is 14.6. The Bertz CT molecular complexity index is 715. The van der Waals surface area contributed by atoms with Gasteiger partial charge in [-0.2, -0.15) is 0 Å². The summed E-state index contributed by atoms with van der Waals surface area (Å²) in [5.41, 5.74) is 1.37. The van der Waals surface area contributed by atoms with Crippen LogP contribution in [0.1, 0.15) is 32.6 Å². The molecule has 3 heterocycles. The second-order valence-corrected chi connectivity index (χ2v) is 10.8. The lowest BCUT2D eigenvalue weighted by atomic mass is 9.39. The molecular formula is C20H28ClNO3. The highest BCUT2D eigenvalue weighted by Gasteiger charge is 2.90. The minimum Gasteiger partial charge on any atom is -0.393 e. The average Bonchev–Trinajstić information content (AvgIpc) is 2.88. The highest BCUT2D eigenvalue weighted by Crippen LogP contribution is 2.86. The summed E-state index contributed by atoms with van der Waals surface area (Å²) in [5.74, 6) is 1.02. The minimum absolute atomic E-state index is 0. The van der Waals surface area contributed by atoms with Crippen LogP contribution in [-0.4, -0.2) is 57.2 Å². The first kappa shape index (κ1) is 15.9. The topological polar surface area (TPSA) is 63.9 Å². The fourth-order valence-electron chi connectivity index (χ4n) is 10.7. The Hall–Kier alpha value is -0.130. The van der Waals surface area contributed by atoms with Crippen LogP contribution in [0.2, 0.25) is 0 Å². The third-order valence-electron chi connectivity index (χ3n) is 10.1. The Morgan fingerprint density at radius 3 is 2.60 bits per heavy atom. The van der Waals surface area contributed by atoms with Crippen LogP contribution < -0.4 is 0 Å². The fraction of sp³-hybridized carbons (Fsp3) is 0.900. The van der Waals surface area contributed by atoms with Crippen LogP contribution in [0.4, 0.5) is 0 Å². The summed E-state index contributed by atoms with van der Waals surface area (Å²) in [5, 5.41) is 33.3. The van der Waals surface area contributed by atoms with Crippen LogP contribution in [0.3, 0.4) is 0 Å². The van der Waals surface area contributed by atoms with Gasteiger partial charge in [0, 0.05) is 30.5 Å². The normalized spacial score (nSPS) is 73.0. The van der Waals surface area contributed by atoms with E-state index in [1.807, 2.05) is 0 Å². The predicted octanol–water partition coefficient (Wildman–Crippen LogP) is 1.19. The Morgan fingerprint density at radius 2 is 1.84 bits per heavy atom. The molecule has 0 radical (unpaired) electrons. The first-order valence-corrected chi connectivity index (χ1v) is 9.83. The van der Waals surface area contributed by atoms with E-state index in [1.54, 1.807) is 0 Å². The van der Waals surface area contributed by atoms with Crippen molar-refractivity contribution in [2.24, 2.45) is 39.9 Å². The first-order chi connectivity index (χ1) is 11.4. The molecule has 6 aliphatic carbocycles. The molecule has 4 nitrogen and oxygen atoms in total. The maximum atomic E-state index is 11.3. The van der Waals surface area contributed by atoms with Crippen LogP contribution in [0.5, 0.6) is 0 Å². The maximum Gasteiger partial charge on any atom is 0.0679 e. The zero-order chi connectivity index (χ0) is 16.4. The smallest absolute Gasteiger partial charge is 0.0679 e. The van der Waals surface area contributed by atoms with E-state index in [0.29, 0.717) is 18.0 Å². The van der Waals surface area contributed by atoms with Gasteiger partial charge in [-0.1, -0.05) is 19.1 Å². The van der Waals surface area contributed by atoms with Crippen LogP contribution in [0, 0.1) is 39.9 Å². The molecule has 3 saturated heterocycles. The molecule has 0 amide bonds. The van der Waals surface area contributed by atoms with Crippen LogP contribution in [0.25, 0.3) is 0 Å². The summed E-state index contributed by atoms with van der Waals surface area (Å²) in [6.07, 6.45) is 2.76. The highest BCUT2D eigenvalue weighted by molar-refractivity contribution is 5.85. The number of fused-ring (bicyclic) bond motifs is 1. The molecule has 0 aromatic carbocycles. The summed E-state index contributed by atoms with van der Waals surface area (Å²) in [7, 11) is 0. The van der Waals surface area contributed by atoms with Crippen molar-refractivity contribution < 1.29 is 15.3 Å². The molecule has 6 saturated carbocycles. The molecule has 9 rings (SSSR count). The second kappa shape index (κ2) is 4.00. The number of aliphatic hydroxyl groups is 3. The minimum atomic E-state index is -0.460. The van der Waals surface area contributed by atoms with Crippen molar-refractivity contribution in [3.8, 4) is 0 Å². The largest absolute Gasteiger partial charge is 0.393 e. The summed E-state index contributed by atoms with van der Waals surface area (Å²) in [6.45, 7) is 7.72. The third-order valence-corrected chi connectivity index (χ3v) is 10.1. The number of piperidine rings is 2. The van der Waals surface area contributed by atoms with E-state index in [9.17, 15) is 15.3 Å². The molecule has 138 valence electrons. The highest BCUT2D eigenvalue weighted by atomic mass is 35.5. The van der Waals surface area contributed by atoms with Crippen LogP contribution in [0.15, 0.2) is 12.2 Å².